The first-order valence-corrected chi connectivity index (χ1v) is 7.87. The normalized spacial score (nSPS) is 16.0. The topological polar surface area (TPSA) is 37.4 Å². The van der Waals surface area contributed by atoms with E-state index in [9.17, 15) is 9.59 Å². The average Bonchev–Trinajstić information content (AvgIpc) is 2.90. The molecule has 0 radical (unpaired) electrons. The number of rotatable bonds is 2. The molecule has 1 aromatic carbocycles. The number of amides is 2. The number of hydrogen-bond donors (Lipinski definition) is 0. The summed E-state index contributed by atoms with van der Waals surface area (Å²) in [6.07, 6.45) is 0.267. The molecule has 2 amide bonds. The van der Waals surface area contributed by atoms with Crippen LogP contribution in [-0.2, 0) is 11.2 Å². The summed E-state index contributed by atoms with van der Waals surface area (Å²) in [4.78, 5) is 27.3. The fourth-order valence-electron chi connectivity index (χ4n) is 2.43. The van der Waals surface area contributed by atoms with Crippen molar-refractivity contribution < 1.29 is 9.59 Å². The Morgan fingerprint density at radius 2 is 2.00 bits per heavy atom. The summed E-state index contributed by atoms with van der Waals surface area (Å²) in [7, 11) is 1.51. The summed E-state index contributed by atoms with van der Waals surface area (Å²) < 4.78 is 0. The molecule has 0 bridgehead atoms. The van der Waals surface area contributed by atoms with Crippen LogP contribution in [0, 0.1) is 6.92 Å². The molecule has 1 aliphatic rings. The zero-order valence-electron chi connectivity index (χ0n) is 11.7. The minimum atomic E-state index is -0.273. The zero-order chi connectivity index (χ0) is 15.1. The standard InChI is InChI=1S/C16H14ClNO2S/c1-9-3-6-13(21-9)15(17)11-5-4-10-8-14(19)18(2)16(20)12(10)7-11/h3-7,15H,8H2,1-2H3. The van der Waals surface area contributed by atoms with Gasteiger partial charge in [0, 0.05) is 22.4 Å². The summed E-state index contributed by atoms with van der Waals surface area (Å²) in [5.74, 6) is -0.425. The van der Waals surface area contributed by atoms with Gasteiger partial charge in [-0.3, -0.25) is 14.5 Å². The van der Waals surface area contributed by atoms with Gasteiger partial charge in [0.2, 0.25) is 5.91 Å². The molecular weight excluding hydrogens is 306 g/mol. The molecule has 108 valence electrons. The number of halogens is 1. The van der Waals surface area contributed by atoms with Crippen LogP contribution in [-0.4, -0.2) is 23.8 Å². The smallest absolute Gasteiger partial charge is 0.260 e. The monoisotopic (exact) mass is 319 g/mol. The second-order valence-electron chi connectivity index (χ2n) is 5.16. The van der Waals surface area contributed by atoms with Gasteiger partial charge in [-0.05, 0) is 36.2 Å². The highest BCUT2D eigenvalue weighted by molar-refractivity contribution is 7.12. The van der Waals surface area contributed by atoms with E-state index in [4.69, 9.17) is 11.6 Å². The van der Waals surface area contributed by atoms with E-state index in [1.165, 1.54) is 16.8 Å². The van der Waals surface area contributed by atoms with Crippen molar-refractivity contribution in [3.05, 3.63) is 56.8 Å². The largest absolute Gasteiger partial charge is 0.281 e. The molecule has 0 aliphatic carbocycles. The predicted octanol–water partition coefficient (Wildman–Crippen LogP) is 3.54. The third kappa shape index (κ3) is 2.49. The van der Waals surface area contributed by atoms with Crippen LogP contribution in [0.15, 0.2) is 30.3 Å². The molecular formula is C16H14ClNO2S. The van der Waals surface area contributed by atoms with Gasteiger partial charge in [0.25, 0.3) is 5.91 Å². The molecule has 2 aromatic rings. The molecule has 0 saturated heterocycles. The molecule has 0 fully saturated rings. The van der Waals surface area contributed by atoms with Crippen molar-refractivity contribution in [2.24, 2.45) is 0 Å². The second kappa shape index (κ2) is 5.28. The Hall–Kier alpha value is -1.65. The van der Waals surface area contributed by atoms with Crippen molar-refractivity contribution in [2.45, 2.75) is 18.7 Å². The van der Waals surface area contributed by atoms with E-state index in [1.54, 1.807) is 11.3 Å². The van der Waals surface area contributed by atoms with Crippen LogP contribution in [0.4, 0.5) is 0 Å². The second-order valence-corrected chi connectivity index (χ2v) is 6.92. The highest BCUT2D eigenvalue weighted by Crippen LogP contribution is 2.35. The number of carbonyl (C=O) groups is 2. The lowest BCUT2D eigenvalue weighted by atomic mass is 9.95. The Balaban J connectivity index is 2.00. The number of benzene rings is 1. The van der Waals surface area contributed by atoms with Crippen LogP contribution >= 0.6 is 22.9 Å². The van der Waals surface area contributed by atoms with Crippen LogP contribution < -0.4 is 0 Å². The summed E-state index contributed by atoms with van der Waals surface area (Å²) in [6.45, 7) is 2.04. The minimum Gasteiger partial charge on any atom is -0.281 e. The minimum absolute atomic E-state index is 0.170. The third-order valence-electron chi connectivity index (χ3n) is 3.69. The first-order valence-electron chi connectivity index (χ1n) is 6.61. The van der Waals surface area contributed by atoms with Crippen molar-refractivity contribution in [1.29, 1.82) is 0 Å². The van der Waals surface area contributed by atoms with Crippen LogP contribution in [0.3, 0.4) is 0 Å². The van der Waals surface area contributed by atoms with Crippen molar-refractivity contribution in [1.82, 2.24) is 4.90 Å². The lowest BCUT2D eigenvalue weighted by Crippen LogP contribution is -2.39. The van der Waals surface area contributed by atoms with Crippen LogP contribution in [0.25, 0.3) is 0 Å². The van der Waals surface area contributed by atoms with Crippen LogP contribution in [0.5, 0.6) is 0 Å². The highest BCUT2D eigenvalue weighted by Gasteiger charge is 2.28. The number of nitrogens with zero attached hydrogens (tertiary/aromatic N) is 1. The Bertz CT molecular complexity index is 738. The molecule has 1 atom stereocenters. The van der Waals surface area contributed by atoms with E-state index in [2.05, 4.69) is 0 Å². The first kappa shape index (κ1) is 14.3. The van der Waals surface area contributed by atoms with Crippen molar-refractivity contribution >= 4 is 34.8 Å². The average molecular weight is 320 g/mol. The Labute approximate surface area is 132 Å². The van der Waals surface area contributed by atoms with Gasteiger partial charge in [-0.25, -0.2) is 0 Å². The molecule has 1 aliphatic heterocycles. The van der Waals surface area contributed by atoms with Gasteiger partial charge in [0.1, 0.15) is 0 Å². The van der Waals surface area contributed by atoms with Gasteiger partial charge < -0.3 is 0 Å². The van der Waals surface area contributed by atoms with Gasteiger partial charge in [-0.2, -0.15) is 0 Å². The fourth-order valence-corrected chi connectivity index (χ4v) is 3.66. The van der Waals surface area contributed by atoms with Gasteiger partial charge in [0.15, 0.2) is 0 Å². The number of hydrogen-bond acceptors (Lipinski definition) is 3. The van der Waals surface area contributed by atoms with Crippen LogP contribution in [0.2, 0.25) is 0 Å². The summed E-state index contributed by atoms with van der Waals surface area (Å²) >= 11 is 8.17. The number of fused-ring (bicyclic) bond motifs is 1. The quantitative estimate of drug-likeness (QED) is 0.627. The van der Waals surface area contributed by atoms with Gasteiger partial charge in [-0.15, -0.1) is 22.9 Å². The fraction of sp³-hybridized carbons (Fsp3) is 0.250. The summed E-state index contributed by atoms with van der Waals surface area (Å²) in [6, 6.07) is 9.59. The molecule has 3 nitrogen and oxygen atoms in total. The number of alkyl halides is 1. The van der Waals surface area contributed by atoms with Crippen molar-refractivity contribution in [3.63, 3.8) is 0 Å². The lowest BCUT2D eigenvalue weighted by molar-refractivity contribution is -0.127. The number of imide groups is 1. The summed E-state index contributed by atoms with van der Waals surface area (Å²) in [5, 5.41) is -0.273. The molecule has 2 heterocycles. The third-order valence-corrected chi connectivity index (χ3v) is 5.37. The molecule has 0 spiro atoms. The molecule has 0 N–H and O–H groups in total. The van der Waals surface area contributed by atoms with Gasteiger partial charge in [0.05, 0.1) is 11.8 Å². The molecule has 3 rings (SSSR count). The van der Waals surface area contributed by atoms with Crippen molar-refractivity contribution in [2.75, 3.05) is 7.05 Å². The van der Waals surface area contributed by atoms with Gasteiger partial charge >= 0.3 is 0 Å². The molecule has 1 aromatic heterocycles. The van der Waals surface area contributed by atoms with E-state index >= 15 is 0 Å². The number of carbonyl (C=O) groups excluding carboxylic acids is 2. The highest BCUT2D eigenvalue weighted by atomic mass is 35.5. The molecule has 5 heteroatoms. The summed E-state index contributed by atoms with van der Waals surface area (Å²) in [5.41, 5.74) is 2.24. The van der Waals surface area contributed by atoms with E-state index in [1.807, 2.05) is 37.3 Å². The molecule has 1 unspecified atom stereocenters. The van der Waals surface area contributed by atoms with E-state index in [0.717, 1.165) is 16.0 Å². The van der Waals surface area contributed by atoms with Gasteiger partial charge in [-0.1, -0.05) is 12.1 Å². The number of likely N-dealkylation sites (N-methyl/N-ethyl adjacent to an activating group) is 1. The van der Waals surface area contributed by atoms with Crippen molar-refractivity contribution in [3.8, 4) is 0 Å². The van der Waals surface area contributed by atoms with E-state index < -0.39 is 0 Å². The molecule has 21 heavy (non-hydrogen) atoms. The number of thiophene rings is 1. The predicted molar refractivity (Wildman–Crippen MR) is 84.0 cm³/mol. The Kier molecular flexibility index (Phi) is 3.59. The Morgan fingerprint density at radius 3 is 2.67 bits per heavy atom. The van der Waals surface area contributed by atoms with E-state index in [-0.39, 0.29) is 23.6 Å². The maximum Gasteiger partial charge on any atom is 0.260 e. The SMILES string of the molecule is Cc1ccc(C(Cl)c2ccc3c(c2)C(=O)N(C)C(=O)C3)s1. The molecule has 0 saturated carbocycles. The van der Waals surface area contributed by atoms with Crippen LogP contribution in [0.1, 0.15) is 36.6 Å². The first-order chi connectivity index (χ1) is 9.97. The zero-order valence-corrected chi connectivity index (χ0v) is 13.3. The van der Waals surface area contributed by atoms with E-state index in [0.29, 0.717) is 5.56 Å². The number of aryl methyl sites for hydroxylation is 1. The Morgan fingerprint density at radius 1 is 1.24 bits per heavy atom. The lowest BCUT2D eigenvalue weighted by Gasteiger charge is -2.24. The maximum absolute atomic E-state index is 12.2. The maximum atomic E-state index is 12.2.